The summed E-state index contributed by atoms with van der Waals surface area (Å²) in [6, 6.07) is 4.30. The Labute approximate surface area is 107 Å². The Hall–Kier alpha value is -1.62. The summed E-state index contributed by atoms with van der Waals surface area (Å²) in [5.74, 6) is 1.38. The maximum absolute atomic E-state index is 5.96. The number of fused-ring (bicyclic) bond motifs is 1. The van der Waals surface area contributed by atoms with E-state index in [2.05, 4.69) is 34.9 Å². The highest BCUT2D eigenvalue weighted by molar-refractivity contribution is 5.50. The van der Waals surface area contributed by atoms with Gasteiger partial charge in [-0.3, -0.25) is 0 Å². The number of aryl methyl sites for hydroxylation is 1. The van der Waals surface area contributed by atoms with E-state index >= 15 is 0 Å². The standard InChI is InChI=1S/C13H19N5/c1-9-4-3-6-18-12(9)15-13(16-18)17-7-5-11(8-17)10(2)14/h3-4,6,10-11H,5,7-8,14H2,1-2H3. The van der Waals surface area contributed by atoms with Crippen LogP contribution in [-0.2, 0) is 0 Å². The van der Waals surface area contributed by atoms with E-state index in [0.29, 0.717) is 5.92 Å². The van der Waals surface area contributed by atoms with Crippen molar-refractivity contribution in [2.75, 3.05) is 18.0 Å². The van der Waals surface area contributed by atoms with Crippen LogP contribution in [0.1, 0.15) is 18.9 Å². The minimum atomic E-state index is 0.244. The van der Waals surface area contributed by atoms with E-state index < -0.39 is 0 Å². The predicted octanol–water partition coefficient (Wildman–Crippen LogP) is 1.21. The maximum atomic E-state index is 5.96. The maximum Gasteiger partial charge on any atom is 0.245 e. The fraction of sp³-hybridized carbons (Fsp3) is 0.538. The largest absolute Gasteiger partial charge is 0.339 e. The second-order valence-corrected chi connectivity index (χ2v) is 5.23. The van der Waals surface area contributed by atoms with Gasteiger partial charge in [0.2, 0.25) is 5.95 Å². The normalized spacial score (nSPS) is 21.7. The molecule has 1 saturated heterocycles. The number of aromatic nitrogens is 3. The second-order valence-electron chi connectivity index (χ2n) is 5.23. The molecule has 1 aliphatic heterocycles. The van der Waals surface area contributed by atoms with Gasteiger partial charge in [0.05, 0.1) is 0 Å². The van der Waals surface area contributed by atoms with Gasteiger partial charge in [-0.15, -0.1) is 5.10 Å². The van der Waals surface area contributed by atoms with Gasteiger partial charge in [-0.2, -0.15) is 4.98 Å². The number of nitrogens with two attached hydrogens (primary N) is 1. The molecule has 0 spiro atoms. The van der Waals surface area contributed by atoms with E-state index in [-0.39, 0.29) is 6.04 Å². The zero-order valence-electron chi connectivity index (χ0n) is 10.9. The van der Waals surface area contributed by atoms with E-state index in [9.17, 15) is 0 Å². The van der Waals surface area contributed by atoms with Crippen molar-refractivity contribution in [2.45, 2.75) is 26.3 Å². The third-order valence-electron chi connectivity index (χ3n) is 3.80. The first kappa shape index (κ1) is 11.5. The number of hydrogen-bond acceptors (Lipinski definition) is 4. The van der Waals surface area contributed by atoms with E-state index in [4.69, 9.17) is 5.73 Å². The van der Waals surface area contributed by atoms with Crippen molar-refractivity contribution in [2.24, 2.45) is 11.7 Å². The Kier molecular flexibility index (Phi) is 2.70. The van der Waals surface area contributed by atoms with Gasteiger partial charge < -0.3 is 10.6 Å². The van der Waals surface area contributed by atoms with Crippen molar-refractivity contribution in [3.8, 4) is 0 Å². The van der Waals surface area contributed by atoms with Gasteiger partial charge in [-0.25, -0.2) is 4.52 Å². The van der Waals surface area contributed by atoms with Gasteiger partial charge in [0.25, 0.3) is 0 Å². The summed E-state index contributed by atoms with van der Waals surface area (Å²) in [6.07, 6.45) is 3.07. The highest BCUT2D eigenvalue weighted by atomic mass is 15.4. The van der Waals surface area contributed by atoms with E-state index in [1.807, 2.05) is 16.8 Å². The Balaban J connectivity index is 1.89. The van der Waals surface area contributed by atoms with E-state index in [1.165, 1.54) is 0 Å². The molecule has 2 aromatic rings. The van der Waals surface area contributed by atoms with Crippen molar-refractivity contribution in [3.63, 3.8) is 0 Å². The van der Waals surface area contributed by atoms with Gasteiger partial charge in [0, 0.05) is 25.3 Å². The van der Waals surface area contributed by atoms with Crippen LogP contribution in [0.4, 0.5) is 5.95 Å². The van der Waals surface area contributed by atoms with Crippen LogP contribution >= 0.6 is 0 Å². The van der Waals surface area contributed by atoms with Gasteiger partial charge in [-0.1, -0.05) is 6.07 Å². The molecule has 2 aromatic heterocycles. The molecule has 3 rings (SSSR count). The van der Waals surface area contributed by atoms with Crippen molar-refractivity contribution in [1.29, 1.82) is 0 Å². The highest BCUT2D eigenvalue weighted by Crippen LogP contribution is 2.23. The minimum Gasteiger partial charge on any atom is -0.339 e. The molecule has 5 nitrogen and oxygen atoms in total. The van der Waals surface area contributed by atoms with Crippen LogP contribution in [0.3, 0.4) is 0 Å². The Morgan fingerprint density at radius 1 is 1.50 bits per heavy atom. The average Bonchev–Trinajstić information content (AvgIpc) is 2.95. The van der Waals surface area contributed by atoms with Gasteiger partial charge in [0.15, 0.2) is 5.65 Å². The minimum absolute atomic E-state index is 0.244. The van der Waals surface area contributed by atoms with Gasteiger partial charge in [-0.05, 0) is 37.8 Å². The third-order valence-corrected chi connectivity index (χ3v) is 3.80. The molecule has 18 heavy (non-hydrogen) atoms. The first-order valence-electron chi connectivity index (χ1n) is 6.47. The number of hydrogen-bond donors (Lipinski definition) is 1. The predicted molar refractivity (Wildman–Crippen MR) is 71.7 cm³/mol. The van der Waals surface area contributed by atoms with Crippen molar-refractivity contribution < 1.29 is 0 Å². The zero-order chi connectivity index (χ0) is 12.7. The molecule has 2 atom stereocenters. The van der Waals surface area contributed by atoms with Gasteiger partial charge >= 0.3 is 0 Å². The first-order valence-corrected chi connectivity index (χ1v) is 6.47. The summed E-state index contributed by atoms with van der Waals surface area (Å²) < 4.78 is 1.85. The van der Waals surface area contributed by atoms with Crippen molar-refractivity contribution in [3.05, 3.63) is 23.9 Å². The molecule has 5 heteroatoms. The molecule has 2 N–H and O–H groups in total. The average molecular weight is 245 g/mol. The molecular weight excluding hydrogens is 226 g/mol. The quantitative estimate of drug-likeness (QED) is 0.864. The van der Waals surface area contributed by atoms with Crippen LogP contribution in [0, 0.1) is 12.8 Å². The molecule has 0 saturated carbocycles. The van der Waals surface area contributed by atoms with Crippen LogP contribution in [0.2, 0.25) is 0 Å². The molecule has 0 aromatic carbocycles. The Bertz CT molecular complexity index is 560. The highest BCUT2D eigenvalue weighted by Gasteiger charge is 2.27. The second kappa shape index (κ2) is 4.24. The number of rotatable bonds is 2. The summed E-state index contributed by atoms with van der Waals surface area (Å²) in [6.45, 7) is 6.10. The Morgan fingerprint density at radius 3 is 3.00 bits per heavy atom. The monoisotopic (exact) mass is 245 g/mol. The lowest BCUT2D eigenvalue weighted by atomic mass is 10.0. The fourth-order valence-corrected chi connectivity index (χ4v) is 2.56. The lowest BCUT2D eigenvalue weighted by molar-refractivity contribution is 0.487. The molecule has 0 amide bonds. The Morgan fingerprint density at radius 2 is 2.33 bits per heavy atom. The molecule has 0 bridgehead atoms. The summed E-state index contributed by atoms with van der Waals surface area (Å²) in [5, 5.41) is 4.54. The van der Waals surface area contributed by atoms with Crippen LogP contribution < -0.4 is 10.6 Å². The smallest absolute Gasteiger partial charge is 0.245 e. The SMILES string of the molecule is Cc1cccn2nc(N3CCC(C(C)N)C3)nc12. The van der Waals surface area contributed by atoms with Gasteiger partial charge in [0.1, 0.15) is 0 Å². The molecular formula is C13H19N5. The summed E-state index contributed by atoms with van der Waals surface area (Å²) >= 11 is 0. The molecule has 1 fully saturated rings. The molecule has 0 radical (unpaired) electrons. The van der Waals surface area contributed by atoms with Crippen molar-refractivity contribution in [1.82, 2.24) is 14.6 Å². The lowest BCUT2D eigenvalue weighted by Gasteiger charge is -2.15. The molecule has 96 valence electrons. The van der Waals surface area contributed by atoms with E-state index in [0.717, 1.165) is 36.7 Å². The molecule has 0 aliphatic carbocycles. The third kappa shape index (κ3) is 1.84. The molecule has 3 heterocycles. The first-order chi connectivity index (χ1) is 8.65. The number of anilines is 1. The topological polar surface area (TPSA) is 59.5 Å². The molecule has 2 unspecified atom stereocenters. The summed E-state index contributed by atoms with van der Waals surface area (Å²) in [7, 11) is 0. The van der Waals surface area contributed by atoms with Crippen molar-refractivity contribution >= 4 is 11.6 Å². The van der Waals surface area contributed by atoms with Crippen LogP contribution in [0.15, 0.2) is 18.3 Å². The van der Waals surface area contributed by atoms with E-state index in [1.54, 1.807) is 0 Å². The van der Waals surface area contributed by atoms with Crippen LogP contribution in [-0.4, -0.2) is 33.7 Å². The zero-order valence-corrected chi connectivity index (χ0v) is 10.9. The number of nitrogens with zero attached hydrogens (tertiary/aromatic N) is 4. The fourth-order valence-electron chi connectivity index (χ4n) is 2.56. The summed E-state index contributed by atoms with van der Waals surface area (Å²) in [5.41, 5.74) is 8.06. The van der Waals surface area contributed by atoms with Crippen LogP contribution in [0.5, 0.6) is 0 Å². The van der Waals surface area contributed by atoms with Crippen LogP contribution in [0.25, 0.3) is 5.65 Å². The molecule has 1 aliphatic rings. The number of pyridine rings is 1. The lowest BCUT2D eigenvalue weighted by Crippen LogP contribution is -2.30. The summed E-state index contributed by atoms with van der Waals surface area (Å²) in [4.78, 5) is 6.86.